The largest absolute Gasteiger partial charge is 0.497 e. The molecule has 3 rings (SSSR count). The minimum atomic E-state index is -0.711. The lowest BCUT2D eigenvalue weighted by molar-refractivity contribution is -0.140. The van der Waals surface area contributed by atoms with Crippen LogP contribution in [0.5, 0.6) is 5.75 Å². The highest BCUT2D eigenvalue weighted by molar-refractivity contribution is 5.85. The van der Waals surface area contributed by atoms with Gasteiger partial charge in [-0.2, -0.15) is 0 Å². The minimum Gasteiger partial charge on any atom is -0.497 e. The minimum absolute atomic E-state index is 0. The lowest BCUT2D eigenvalue weighted by Gasteiger charge is -2.41. The molecule has 6 nitrogen and oxygen atoms in total. The molecule has 2 fully saturated rings. The molecule has 0 spiro atoms. The number of nitrogens with zero attached hydrogens (tertiary/aromatic N) is 1. The summed E-state index contributed by atoms with van der Waals surface area (Å²) in [7, 11) is 5.81. The molecule has 7 heteroatoms. The molecular weight excluding hydrogens is 428 g/mol. The number of carbonyl (C=O) groups is 1. The van der Waals surface area contributed by atoms with Crippen molar-refractivity contribution in [3.63, 3.8) is 0 Å². The van der Waals surface area contributed by atoms with Crippen LogP contribution >= 0.6 is 12.4 Å². The van der Waals surface area contributed by atoms with Gasteiger partial charge in [0.2, 0.25) is 0 Å². The molecular formula is C25H43ClN2O4. The maximum atomic E-state index is 11.2. The Morgan fingerprint density at radius 3 is 2.38 bits per heavy atom. The Bertz CT molecular complexity index is 694. The zero-order chi connectivity index (χ0) is 22.9. The van der Waals surface area contributed by atoms with Crippen LogP contribution in [0.4, 0.5) is 0 Å². The third-order valence-electron chi connectivity index (χ3n) is 7.06. The van der Waals surface area contributed by atoms with Crippen LogP contribution in [0.3, 0.4) is 0 Å². The molecule has 0 bridgehead atoms. The summed E-state index contributed by atoms with van der Waals surface area (Å²) in [4.78, 5) is 12.7. The average Bonchev–Trinajstić information content (AvgIpc) is 2.76. The Kier molecular flexibility index (Phi) is 12.0. The van der Waals surface area contributed by atoms with Crippen molar-refractivity contribution in [3.05, 3.63) is 29.8 Å². The predicted octanol–water partition coefficient (Wildman–Crippen LogP) is 4.43. The first kappa shape index (κ1) is 28.7. The highest BCUT2D eigenvalue weighted by atomic mass is 35.5. The predicted molar refractivity (Wildman–Crippen MR) is 131 cm³/mol. The standard InChI is InChI=1S/C16H25NO2.C9H17NO2.ClH/c1-17(2)12-14-7-4-5-10-16(14,18)13-8-6-9-15(11-13)19-3;10-7-9(6-8(11)12)4-2-1-3-5-9;/h6,8-9,11,14,18H,4-5,7,10,12H2,1-3H3;1-7,10H2,(H,11,12);1H/t14-,16+;;/m1../s1. The van der Waals surface area contributed by atoms with Gasteiger partial charge in [0, 0.05) is 12.5 Å². The molecule has 184 valence electrons. The van der Waals surface area contributed by atoms with Gasteiger partial charge in [-0.25, -0.2) is 0 Å². The first-order valence-corrected chi connectivity index (χ1v) is 11.7. The third kappa shape index (κ3) is 7.91. The van der Waals surface area contributed by atoms with E-state index in [-0.39, 0.29) is 24.2 Å². The Morgan fingerprint density at radius 2 is 1.81 bits per heavy atom. The van der Waals surface area contributed by atoms with Crippen molar-refractivity contribution in [1.82, 2.24) is 4.90 Å². The zero-order valence-electron chi connectivity index (χ0n) is 20.0. The molecule has 1 aromatic rings. The summed E-state index contributed by atoms with van der Waals surface area (Å²) in [6.45, 7) is 1.45. The van der Waals surface area contributed by atoms with Gasteiger partial charge in [-0.1, -0.05) is 44.2 Å². The van der Waals surface area contributed by atoms with Crippen molar-refractivity contribution in [1.29, 1.82) is 0 Å². The molecule has 2 saturated carbocycles. The van der Waals surface area contributed by atoms with Crippen LogP contribution in [0.1, 0.15) is 69.8 Å². The molecule has 2 atom stereocenters. The zero-order valence-corrected chi connectivity index (χ0v) is 20.8. The Balaban J connectivity index is 0.000000342. The van der Waals surface area contributed by atoms with Gasteiger partial charge in [0.1, 0.15) is 5.75 Å². The number of hydrogen-bond donors (Lipinski definition) is 3. The number of halogens is 1. The molecule has 0 aliphatic heterocycles. The normalized spacial score (nSPS) is 24.6. The fourth-order valence-corrected chi connectivity index (χ4v) is 5.26. The quantitative estimate of drug-likeness (QED) is 0.545. The number of aliphatic hydroxyl groups is 1. The molecule has 4 N–H and O–H groups in total. The number of rotatable bonds is 7. The van der Waals surface area contributed by atoms with E-state index in [1.165, 1.54) is 12.8 Å². The first-order valence-electron chi connectivity index (χ1n) is 11.7. The highest BCUT2D eigenvalue weighted by Gasteiger charge is 2.40. The fraction of sp³-hybridized carbons (Fsp3) is 0.720. The number of carboxylic acids is 1. The SMILES string of the molecule is COc1cccc([C@@]2(O)CCCC[C@@H]2CN(C)C)c1.Cl.NCC1(CC(=O)O)CCCCC1. The topological polar surface area (TPSA) is 96.0 Å². The molecule has 0 radical (unpaired) electrons. The molecule has 0 amide bonds. The van der Waals surface area contributed by atoms with Gasteiger partial charge >= 0.3 is 5.97 Å². The maximum Gasteiger partial charge on any atom is 0.303 e. The van der Waals surface area contributed by atoms with Crippen LogP contribution in [-0.4, -0.2) is 55.4 Å². The summed E-state index contributed by atoms with van der Waals surface area (Å²) in [5.74, 6) is 0.408. The van der Waals surface area contributed by atoms with E-state index in [1.54, 1.807) is 7.11 Å². The number of benzene rings is 1. The first-order chi connectivity index (χ1) is 14.7. The van der Waals surface area contributed by atoms with Gasteiger partial charge < -0.3 is 25.6 Å². The number of ether oxygens (including phenoxy) is 1. The Morgan fingerprint density at radius 1 is 1.16 bits per heavy atom. The van der Waals surface area contributed by atoms with E-state index in [4.69, 9.17) is 15.6 Å². The van der Waals surface area contributed by atoms with E-state index in [9.17, 15) is 9.90 Å². The van der Waals surface area contributed by atoms with Gasteiger partial charge in [0.25, 0.3) is 0 Å². The molecule has 0 saturated heterocycles. The summed E-state index contributed by atoms with van der Waals surface area (Å²) >= 11 is 0. The number of carboxylic acid groups (broad SMARTS) is 1. The van der Waals surface area contributed by atoms with Crippen molar-refractivity contribution in [2.75, 3.05) is 34.3 Å². The van der Waals surface area contributed by atoms with E-state index in [0.717, 1.165) is 62.8 Å². The number of hydrogen-bond acceptors (Lipinski definition) is 5. The third-order valence-corrected chi connectivity index (χ3v) is 7.06. The second kappa shape index (κ2) is 13.4. The van der Waals surface area contributed by atoms with Crippen molar-refractivity contribution in [2.45, 2.75) is 69.8 Å². The van der Waals surface area contributed by atoms with E-state index < -0.39 is 11.6 Å². The molecule has 0 aromatic heterocycles. The summed E-state index contributed by atoms with van der Waals surface area (Å²) < 4.78 is 5.29. The number of methoxy groups -OCH3 is 1. The van der Waals surface area contributed by atoms with Crippen molar-refractivity contribution in [3.8, 4) is 5.75 Å². The maximum absolute atomic E-state index is 11.2. The summed E-state index contributed by atoms with van der Waals surface area (Å²) in [5.41, 5.74) is 5.83. The number of aliphatic carboxylic acids is 1. The molecule has 0 heterocycles. The van der Waals surface area contributed by atoms with Crippen LogP contribution in [0.2, 0.25) is 0 Å². The summed E-state index contributed by atoms with van der Waals surface area (Å²) in [6.07, 6.45) is 10.0. The monoisotopic (exact) mass is 470 g/mol. The Hall–Kier alpha value is -1.34. The van der Waals surface area contributed by atoms with Gasteiger partial charge in [0.15, 0.2) is 0 Å². The van der Waals surface area contributed by atoms with Crippen molar-refractivity contribution >= 4 is 18.4 Å². The van der Waals surface area contributed by atoms with Crippen molar-refractivity contribution < 1.29 is 19.7 Å². The van der Waals surface area contributed by atoms with Gasteiger partial charge in [-0.15, -0.1) is 12.4 Å². The second-order valence-corrected chi connectivity index (χ2v) is 9.70. The molecule has 0 unspecified atom stereocenters. The smallest absolute Gasteiger partial charge is 0.303 e. The molecule has 32 heavy (non-hydrogen) atoms. The fourth-order valence-electron chi connectivity index (χ4n) is 5.26. The van der Waals surface area contributed by atoms with E-state index in [0.29, 0.717) is 12.5 Å². The van der Waals surface area contributed by atoms with Crippen molar-refractivity contribution in [2.24, 2.45) is 17.1 Å². The van der Waals surface area contributed by atoms with Crippen LogP contribution in [-0.2, 0) is 10.4 Å². The number of nitrogens with two attached hydrogens (primary N) is 1. The molecule has 1 aromatic carbocycles. The Labute approximate surface area is 199 Å². The second-order valence-electron chi connectivity index (χ2n) is 9.70. The van der Waals surface area contributed by atoms with E-state index >= 15 is 0 Å². The lowest BCUT2D eigenvalue weighted by atomic mass is 9.71. The summed E-state index contributed by atoms with van der Waals surface area (Å²) in [6, 6.07) is 7.90. The van der Waals surface area contributed by atoms with Gasteiger partial charge in [0.05, 0.1) is 19.1 Å². The van der Waals surface area contributed by atoms with Crippen LogP contribution in [0.15, 0.2) is 24.3 Å². The molecule has 2 aliphatic carbocycles. The highest BCUT2D eigenvalue weighted by Crippen LogP contribution is 2.42. The van der Waals surface area contributed by atoms with E-state index in [1.807, 2.05) is 24.3 Å². The van der Waals surface area contributed by atoms with Gasteiger partial charge in [-0.3, -0.25) is 4.79 Å². The lowest BCUT2D eigenvalue weighted by Crippen LogP contribution is -2.43. The molecule has 2 aliphatic rings. The van der Waals surface area contributed by atoms with Crippen LogP contribution in [0.25, 0.3) is 0 Å². The average molecular weight is 471 g/mol. The van der Waals surface area contributed by atoms with Crippen LogP contribution in [0, 0.1) is 11.3 Å². The van der Waals surface area contributed by atoms with E-state index in [2.05, 4.69) is 19.0 Å². The van der Waals surface area contributed by atoms with Gasteiger partial charge in [-0.05, 0) is 69.4 Å². The van der Waals surface area contributed by atoms with Crippen LogP contribution < -0.4 is 10.5 Å². The summed E-state index contributed by atoms with van der Waals surface area (Å²) in [5, 5.41) is 19.9.